The Labute approximate surface area is 169 Å². The lowest BCUT2D eigenvalue weighted by Gasteiger charge is -2.14. The van der Waals surface area contributed by atoms with Gasteiger partial charge in [-0.15, -0.1) is 0 Å². The number of H-pyrrole nitrogens is 1. The van der Waals surface area contributed by atoms with E-state index in [0.29, 0.717) is 30.9 Å². The van der Waals surface area contributed by atoms with Gasteiger partial charge in [0.1, 0.15) is 17.5 Å². The third-order valence-corrected chi connectivity index (χ3v) is 5.41. The predicted molar refractivity (Wildman–Crippen MR) is 107 cm³/mol. The monoisotopic (exact) mass is 415 g/mol. The van der Waals surface area contributed by atoms with Crippen molar-refractivity contribution in [2.45, 2.75) is 12.3 Å². The van der Waals surface area contributed by atoms with Gasteiger partial charge in [0.15, 0.2) is 0 Å². The van der Waals surface area contributed by atoms with Gasteiger partial charge in [0.2, 0.25) is 5.91 Å². The average Bonchev–Trinajstić information content (AvgIpc) is 3.17. The van der Waals surface area contributed by atoms with Gasteiger partial charge in [0.25, 0.3) is 5.56 Å². The summed E-state index contributed by atoms with van der Waals surface area (Å²) in [6.45, 7) is 4.48. The van der Waals surface area contributed by atoms with E-state index in [2.05, 4.69) is 16.5 Å². The molecule has 1 unspecified atom stereocenters. The standard InChI is InChI=1S/C21H16ClF2N3O2/c1-2-19(28)27-6-5-11(10-27)20-25-18-9-16(22)14(8-15(18)21(29)26-20)13-4-3-12(23)7-17(13)24/h2-4,7-9,11H,1,5-6,10H2,(H,25,26,29). The lowest BCUT2D eigenvalue weighted by molar-refractivity contribution is -0.125. The molecule has 0 aliphatic carbocycles. The third-order valence-electron chi connectivity index (χ3n) is 5.10. The van der Waals surface area contributed by atoms with E-state index in [-0.39, 0.29) is 38.9 Å². The maximum atomic E-state index is 14.2. The van der Waals surface area contributed by atoms with E-state index in [1.807, 2.05) is 0 Å². The van der Waals surface area contributed by atoms with Gasteiger partial charge in [-0.3, -0.25) is 9.59 Å². The largest absolute Gasteiger partial charge is 0.338 e. The Morgan fingerprint density at radius 1 is 1.28 bits per heavy atom. The van der Waals surface area contributed by atoms with Gasteiger partial charge in [-0.2, -0.15) is 0 Å². The van der Waals surface area contributed by atoms with Gasteiger partial charge >= 0.3 is 0 Å². The molecule has 3 aromatic rings. The van der Waals surface area contributed by atoms with E-state index in [1.54, 1.807) is 4.90 Å². The number of likely N-dealkylation sites (tertiary alicyclic amines) is 1. The maximum Gasteiger partial charge on any atom is 0.258 e. The van der Waals surface area contributed by atoms with Crippen molar-refractivity contribution in [3.63, 3.8) is 0 Å². The second kappa shape index (κ2) is 7.40. The van der Waals surface area contributed by atoms with Gasteiger partial charge in [0.05, 0.1) is 15.9 Å². The van der Waals surface area contributed by atoms with Crippen molar-refractivity contribution in [2.75, 3.05) is 13.1 Å². The predicted octanol–water partition coefficient (Wildman–Crippen LogP) is 4.02. The fourth-order valence-electron chi connectivity index (χ4n) is 3.60. The van der Waals surface area contributed by atoms with E-state index in [0.717, 1.165) is 12.1 Å². The smallest absolute Gasteiger partial charge is 0.258 e. The zero-order valence-electron chi connectivity index (χ0n) is 15.2. The Hall–Kier alpha value is -3.06. The van der Waals surface area contributed by atoms with Crippen LogP contribution in [0.2, 0.25) is 5.02 Å². The van der Waals surface area contributed by atoms with Gasteiger partial charge in [0, 0.05) is 36.2 Å². The van der Waals surface area contributed by atoms with E-state index in [9.17, 15) is 18.4 Å². The molecule has 0 saturated carbocycles. The molecule has 1 aliphatic heterocycles. The summed E-state index contributed by atoms with van der Waals surface area (Å²) in [5.41, 5.74) is 0.351. The molecule has 1 aromatic heterocycles. The molecule has 1 atom stereocenters. The highest BCUT2D eigenvalue weighted by atomic mass is 35.5. The molecule has 2 aromatic carbocycles. The summed E-state index contributed by atoms with van der Waals surface area (Å²) in [6, 6.07) is 6.11. The number of amides is 1. The Morgan fingerprint density at radius 3 is 2.79 bits per heavy atom. The molecule has 5 nitrogen and oxygen atoms in total. The van der Waals surface area contributed by atoms with Crippen LogP contribution < -0.4 is 5.56 Å². The number of hydrogen-bond donors (Lipinski definition) is 1. The van der Waals surface area contributed by atoms with Crippen LogP contribution in [0.4, 0.5) is 8.78 Å². The van der Waals surface area contributed by atoms with Crippen molar-refractivity contribution in [1.29, 1.82) is 0 Å². The summed E-state index contributed by atoms with van der Waals surface area (Å²) in [4.78, 5) is 33.4. The first-order valence-corrected chi connectivity index (χ1v) is 9.35. The number of carbonyl (C=O) groups is 1. The van der Waals surface area contributed by atoms with Gasteiger partial charge < -0.3 is 9.88 Å². The molecule has 0 radical (unpaired) electrons. The van der Waals surface area contributed by atoms with E-state index >= 15 is 0 Å². The summed E-state index contributed by atoms with van der Waals surface area (Å²) < 4.78 is 27.4. The van der Waals surface area contributed by atoms with Crippen molar-refractivity contribution >= 4 is 28.4 Å². The minimum atomic E-state index is -0.773. The number of hydrogen-bond acceptors (Lipinski definition) is 3. The van der Waals surface area contributed by atoms with E-state index < -0.39 is 11.6 Å². The molecule has 1 amide bonds. The van der Waals surface area contributed by atoms with Crippen molar-refractivity contribution in [3.8, 4) is 11.1 Å². The number of nitrogens with one attached hydrogen (secondary N) is 1. The quantitative estimate of drug-likeness (QED) is 0.657. The molecule has 1 aliphatic rings. The average molecular weight is 416 g/mol. The SMILES string of the molecule is C=CC(=O)N1CCC(c2nc3cc(Cl)c(-c4ccc(F)cc4F)cc3c(=O)[nH]2)C1. The number of nitrogens with zero attached hydrogens (tertiary/aromatic N) is 2. The van der Waals surface area contributed by atoms with Crippen LogP contribution in [0.25, 0.3) is 22.0 Å². The number of halogens is 3. The number of carbonyl (C=O) groups excluding carboxylic acids is 1. The molecule has 1 N–H and O–H groups in total. The summed E-state index contributed by atoms with van der Waals surface area (Å²) >= 11 is 6.32. The number of benzene rings is 2. The topological polar surface area (TPSA) is 66.1 Å². The van der Waals surface area contributed by atoms with Crippen LogP contribution in [0.5, 0.6) is 0 Å². The van der Waals surface area contributed by atoms with Crippen LogP contribution in [-0.4, -0.2) is 33.9 Å². The van der Waals surface area contributed by atoms with Crippen LogP contribution in [0.3, 0.4) is 0 Å². The fraction of sp³-hybridized carbons (Fsp3) is 0.190. The molecule has 8 heteroatoms. The fourth-order valence-corrected chi connectivity index (χ4v) is 3.86. The Bertz CT molecular complexity index is 1210. The van der Waals surface area contributed by atoms with Crippen LogP contribution in [0.15, 0.2) is 47.8 Å². The summed E-state index contributed by atoms with van der Waals surface area (Å²) in [7, 11) is 0. The number of rotatable bonds is 3. The third kappa shape index (κ3) is 3.53. The van der Waals surface area contributed by atoms with Crippen LogP contribution >= 0.6 is 11.6 Å². The molecule has 4 rings (SSSR count). The van der Waals surface area contributed by atoms with Crippen LogP contribution in [-0.2, 0) is 4.79 Å². The summed E-state index contributed by atoms with van der Waals surface area (Å²) in [6.07, 6.45) is 1.93. The molecular formula is C21H16ClF2N3O2. The van der Waals surface area contributed by atoms with E-state index in [4.69, 9.17) is 11.6 Å². The van der Waals surface area contributed by atoms with Gasteiger partial charge in [-0.1, -0.05) is 18.2 Å². The van der Waals surface area contributed by atoms with Crippen molar-refractivity contribution in [3.05, 3.63) is 75.8 Å². The Kier molecular flexibility index (Phi) is 4.92. The van der Waals surface area contributed by atoms with Crippen LogP contribution in [0.1, 0.15) is 18.2 Å². The summed E-state index contributed by atoms with van der Waals surface area (Å²) in [5, 5.41) is 0.441. The van der Waals surface area contributed by atoms with Gasteiger partial charge in [-0.25, -0.2) is 13.8 Å². The molecule has 29 heavy (non-hydrogen) atoms. The first kappa shape index (κ1) is 19.3. The molecule has 1 saturated heterocycles. The van der Waals surface area contributed by atoms with Gasteiger partial charge in [-0.05, 0) is 36.8 Å². The number of aromatic nitrogens is 2. The minimum Gasteiger partial charge on any atom is -0.338 e. The lowest BCUT2D eigenvalue weighted by Crippen LogP contribution is -2.26. The molecule has 148 valence electrons. The second-order valence-corrected chi connectivity index (χ2v) is 7.31. The Balaban J connectivity index is 1.76. The zero-order valence-corrected chi connectivity index (χ0v) is 16.0. The second-order valence-electron chi connectivity index (χ2n) is 6.90. The molecule has 0 bridgehead atoms. The Morgan fingerprint density at radius 2 is 2.07 bits per heavy atom. The minimum absolute atomic E-state index is 0.0937. The van der Waals surface area contributed by atoms with Crippen LogP contribution in [0, 0.1) is 11.6 Å². The molecular weight excluding hydrogens is 400 g/mol. The number of fused-ring (bicyclic) bond motifs is 1. The summed E-state index contributed by atoms with van der Waals surface area (Å²) in [5.74, 6) is -1.27. The zero-order chi connectivity index (χ0) is 20.7. The van der Waals surface area contributed by atoms with Crippen molar-refractivity contribution in [2.24, 2.45) is 0 Å². The lowest BCUT2D eigenvalue weighted by atomic mass is 10.0. The highest BCUT2D eigenvalue weighted by Gasteiger charge is 2.28. The van der Waals surface area contributed by atoms with Crippen molar-refractivity contribution < 1.29 is 13.6 Å². The molecule has 2 heterocycles. The number of aromatic amines is 1. The van der Waals surface area contributed by atoms with E-state index in [1.165, 1.54) is 24.3 Å². The maximum absolute atomic E-state index is 14.2. The van der Waals surface area contributed by atoms with Crippen molar-refractivity contribution in [1.82, 2.24) is 14.9 Å². The highest BCUT2D eigenvalue weighted by molar-refractivity contribution is 6.34. The molecule has 1 fully saturated rings. The molecule has 0 spiro atoms. The normalized spacial score (nSPS) is 16.4. The first-order chi connectivity index (χ1) is 13.9. The first-order valence-electron chi connectivity index (χ1n) is 8.97. The highest BCUT2D eigenvalue weighted by Crippen LogP contribution is 2.33.